The second-order valence-electron chi connectivity index (χ2n) is 8.79. The maximum Gasteiger partial charge on any atom is 0.338 e. The highest BCUT2D eigenvalue weighted by molar-refractivity contribution is 5.90. The molecule has 1 saturated carbocycles. The fourth-order valence-corrected chi connectivity index (χ4v) is 4.15. The molecule has 0 bridgehead atoms. The van der Waals surface area contributed by atoms with E-state index in [1.54, 1.807) is 48.5 Å². The van der Waals surface area contributed by atoms with E-state index in [1.807, 2.05) is 6.08 Å². The number of hydrogen-bond acceptors (Lipinski definition) is 6. The summed E-state index contributed by atoms with van der Waals surface area (Å²) in [6, 6.07) is 12.0. The number of nitrogens with two attached hydrogens (primary N) is 2. The van der Waals surface area contributed by atoms with Gasteiger partial charge in [-0.15, -0.1) is 6.58 Å². The van der Waals surface area contributed by atoms with Crippen molar-refractivity contribution in [2.75, 3.05) is 11.5 Å². The first kappa shape index (κ1) is 25.1. The fraction of sp³-hybridized carbons (Fsp3) is 0.357. The second kappa shape index (κ2) is 12.6. The molecule has 1 aliphatic rings. The molecule has 6 heteroatoms. The zero-order chi connectivity index (χ0) is 24.3. The Kier molecular flexibility index (Phi) is 9.32. The molecule has 1 fully saturated rings. The predicted molar refractivity (Wildman–Crippen MR) is 136 cm³/mol. The highest BCUT2D eigenvalue weighted by atomic mass is 16.5. The standard InChI is InChI=1S/C28H34N2O4/c1-2-3-4-5-20-8-14-25(15-9-20)34-28(32)22-11-6-21(7-12-22)10-17-27(31)33-19-23-18-24(29)13-16-26(23)30/h2,6-7,10-13,16-18,20,25H,1,3-5,8-9,14-15,19,29-30H2. The van der Waals surface area contributed by atoms with Gasteiger partial charge in [-0.05, 0) is 86.4 Å². The SMILES string of the molecule is C=CCCCC1CCC(OC(=O)c2ccc(C=CC(=O)OCc3cc(N)ccc3N)cc2)CC1. The molecule has 6 nitrogen and oxygen atoms in total. The van der Waals surface area contributed by atoms with Crippen LogP contribution >= 0.6 is 0 Å². The normalized spacial score (nSPS) is 17.9. The number of nitrogen functional groups attached to an aromatic ring is 2. The summed E-state index contributed by atoms with van der Waals surface area (Å²) < 4.78 is 10.9. The summed E-state index contributed by atoms with van der Waals surface area (Å²) in [5.41, 5.74) is 14.6. The third-order valence-corrected chi connectivity index (χ3v) is 6.18. The average Bonchev–Trinajstić information content (AvgIpc) is 2.85. The van der Waals surface area contributed by atoms with Crippen molar-refractivity contribution < 1.29 is 19.1 Å². The maximum atomic E-state index is 12.5. The van der Waals surface area contributed by atoms with Crippen molar-refractivity contribution in [1.29, 1.82) is 0 Å². The van der Waals surface area contributed by atoms with Crippen LogP contribution < -0.4 is 11.5 Å². The van der Waals surface area contributed by atoms with Gasteiger partial charge in [0.15, 0.2) is 0 Å². The predicted octanol–water partition coefficient (Wildman–Crippen LogP) is 5.68. The number of carbonyl (C=O) groups is 2. The Hall–Kier alpha value is -3.54. The van der Waals surface area contributed by atoms with Crippen molar-refractivity contribution in [3.05, 3.63) is 77.9 Å². The second-order valence-corrected chi connectivity index (χ2v) is 8.79. The Morgan fingerprint density at radius 3 is 2.47 bits per heavy atom. The molecule has 2 aromatic carbocycles. The first-order chi connectivity index (χ1) is 16.4. The molecule has 0 radical (unpaired) electrons. The molecule has 180 valence electrons. The summed E-state index contributed by atoms with van der Waals surface area (Å²) in [6.07, 6.45) is 12.5. The molecule has 34 heavy (non-hydrogen) atoms. The molecular formula is C28H34N2O4. The van der Waals surface area contributed by atoms with Gasteiger partial charge in [-0.3, -0.25) is 0 Å². The van der Waals surface area contributed by atoms with Crippen molar-refractivity contribution >= 4 is 29.4 Å². The lowest BCUT2D eigenvalue weighted by Gasteiger charge is -2.28. The van der Waals surface area contributed by atoms with Gasteiger partial charge in [0.1, 0.15) is 12.7 Å². The highest BCUT2D eigenvalue weighted by Gasteiger charge is 2.24. The molecule has 0 amide bonds. The topological polar surface area (TPSA) is 105 Å². The quantitative estimate of drug-likeness (QED) is 0.155. The third kappa shape index (κ3) is 7.80. The molecule has 0 heterocycles. The number of unbranched alkanes of at least 4 members (excludes halogenated alkanes) is 1. The van der Waals surface area contributed by atoms with Gasteiger partial charge >= 0.3 is 11.9 Å². The summed E-state index contributed by atoms with van der Waals surface area (Å²) in [7, 11) is 0. The van der Waals surface area contributed by atoms with E-state index in [1.165, 1.54) is 18.9 Å². The van der Waals surface area contributed by atoms with Crippen LogP contribution in [-0.2, 0) is 20.9 Å². The zero-order valence-electron chi connectivity index (χ0n) is 19.6. The van der Waals surface area contributed by atoms with Crippen LogP contribution in [0.1, 0.15) is 66.4 Å². The number of rotatable bonds is 10. The van der Waals surface area contributed by atoms with Crippen LogP contribution in [0.2, 0.25) is 0 Å². The van der Waals surface area contributed by atoms with Crippen LogP contribution in [0.25, 0.3) is 6.08 Å². The van der Waals surface area contributed by atoms with Crippen LogP contribution in [0.5, 0.6) is 0 Å². The van der Waals surface area contributed by atoms with E-state index in [-0.39, 0.29) is 18.7 Å². The number of hydrogen-bond donors (Lipinski definition) is 2. The molecule has 0 unspecified atom stereocenters. The molecule has 4 N–H and O–H groups in total. The monoisotopic (exact) mass is 462 g/mol. The Morgan fingerprint density at radius 1 is 1.03 bits per heavy atom. The Morgan fingerprint density at radius 2 is 1.76 bits per heavy atom. The molecule has 0 saturated heterocycles. The van der Waals surface area contributed by atoms with Gasteiger partial charge in [-0.1, -0.05) is 24.6 Å². The van der Waals surface area contributed by atoms with Crippen molar-refractivity contribution in [3.8, 4) is 0 Å². The van der Waals surface area contributed by atoms with E-state index < -0.39 is 5.97 Å². The van der Waals surface area contributed by atoms with Crippen molar-refractivity contribution in [2.24, 2.45) is 5.92 Å². The molecule has 0 spiro atoms. The zero-order valence-corrected chi connectivity index (χ0v) is 19.6. The highest BCUT2D eigenvalue weighted by Crippen LogP contribution is 2.30. The van der Waals surface area contributed by atoms with Crippen LogP contribution in [0, 0.1) is 5.92 Å². The Balaban J connectivity index is 1.43. The lowest BCUT2D eigenvalue weighted by molar-refractivity contribution is -0.138. The molecule has 3 rings (SSSR count). The van der Waals surface area contributed by atoms with E-state index in [2.05, 4.69) is 6.58 Å². The van der Waals surface area contributed by atoms with E-state index in [0.29, 0.717) is 22.5 Å². The fourth-order valence-electron chi connectivity index (χ4n) is 4.15. The maximum absolute atomic E-state index is 12.5. The lowest BCUT2D eigenvalue weighted by Crippen LogP contribution is -2.24. The summed E-state index contributed by atoms with van der Waals surface area (Å²) in [4.78, 5) is 24.5. The first-order valence-electron chi connectivity index (χ1n) is 11.8. The summed E-state index contributed by atoms with van der Waals surface area (Å²) in [6.45, 7) is 3.82. The number of ether oxygens (including phenoxy) is 2. The summed E-state index contributed by atoms with van der Waals surface area (Å²) in [5.74, 6) is -0.0639. The molecular weight excluding hydrogens is 428 g/mol. The first-order valence-corrected chi connectivity index (χ1v) is 11.8. The van der Waals surface area contributed by atoms with Gasteiger partial charge in [-0.2, -0.15) is 0 Å². The van der Waals surface area contributed by atoms with Crippen LogP contribution in [0.4, 0.5) is 11.4 Å². The number of allylic oxidation sites excluding steroid dienone is 1. The minimum atomic E-state index is -0.495. The van der Waals surface area contributed by atoms with E-state index in [9.17, 15) is 9.59 Å². The van der Waals surface area contributed by atoms with Gasteiger partial charge in [0.2, 0.25) is 0 Å². The van der Waals surface area contributed by atoms with Crippen molar-refractivity contribution in [3.63, 3.8) is 0 Å². The molecule has 0 aromatic heterocycles. The van der Waals surface area contributed by atoms with Crippen molar-refractivity contribution in [2.45, 2.75) is 57.7 Å². The van der Waals surface area contributed by atoms with Gasteiger partial charge in [0.05, 0.1) is 5.56 Å². The number of anilines is 2. The summed E-state index contributed by atoms with van der Waals surface area (Å²) >= 11 is 0. The molecule has 2 aromatic rings. The van der Waals surface area contributed by atoms with Gasteiger partial charge in [0, 0.05) is 23.0 Å². The van der Waals surface area contributed by atoms with E-state index in [0.717, 1.165) is 43.6 Å². The minimum Gasteiger partial charge on any atom is -0.459 e. The number of esters is 2. The average molecular weight is 463 g/mol. The van der Waals surface area contributed by atoms with Gasteiger partial charge in [-0.25, -0.2) is 9.59 Å². The smallest absolute Gasteiger partial charge is 0.338 e. The number of benzene rings is 2. The third-order valence-electron chi connectivity index (χ3n) is 6.18. The molecule has 0 aliphatic heterocycles. The van der Waals surface area contributed by atoms with E-state index >= 15 is 0 Å². The Bertz CT molecular complexity index is 1010. The van der Waals surface area contributed by atoms with Crippen LogP contribution in [-0.4, -0.2) is 18.0 Å². The minimum absolute atomic E-state index is 0.00787. The van der Waals surface area contributed by atoms with Crippen LogP contribution in [0.15, 0.2) is 61.2 Å². The Labute approximate surface area is 201 Å². The molecule has 1 aliphatic carbocycles. The van der Waals surface area contributed by atoms with Gasteiger partial charge in [0.25, 0.3) is 0 Å². The largest absolute Gasteiger partial charge is 0.459 e. The lowest BCUT2D eigenvalue weighted by atomic mass is 9.84. The van der Waals surface area contributed by atoms with Crippen LogP contribution in [0.3, 0.4) is 0 Å². The molecule has 0 atom stereocenters. The van der Waals surface area contributed by atoms with Gasteiger partial charge < -0.3 is 20.9 Å². The summed E-state index contributed by atoms with van der Waals surface area (Å²) in [5, 5.41) is 0. The van der Waals surface area contributed by atoms with Crippen molar-refractivity contribution in [1.82, 2.24) is 0 Å². The van der Waals surface area contributed by atoms with E-state index in [4.69, 9.17) is 20.9 Å². The number of carbonyl (C=O) groups excluding carboxylic acids is 2.